The lowest BCUT2D eigenvalue weighted by atomic mass is 9.88. The molecule has 0 spiro atoms. The monoisotopic (exact) mass is 512 g/mol. The van der Waals surface area contributed by atoms with Crippen LogP contribution in [0, 0.1) is 5.92 Å². The van der Waals surface area contributed by atoms with Gasteiger partial charge in [-0.25, -0.2) is 0 Å². The van der Waals surface area contributed by atoms with E-state index in [1.807, 2.05) is 54.6 Å². The van der Waals surface area contributed by atoms with Crippen LogP contribution in [-0.2, 0) is 9.59 Å². The molecule has 1 atom stereocenters. The predicted octanol–water partition coefficient (Wildman–Crippen LogP) is 7.98. The normalized spacial score (nSPS) is 14.9. The Balaban J connectivity index is 1.52. The van der Waals surface area contributed by atoms with Gasteiger partial charge in [-0.3, -0.25) is 9.59 Å². The minimum atomic E-state index is -0.516. The number of thioether (sulfide) groups is 1. The number of nitrogens with one attached hydrogen (secondary N) is 2. The van der Waals surface area contributed by atoms with Crippen LogP contribution in [0.5, 0.6) is 0 Å². The Morgan fingerprint density at radius 3 is 2.35 bits per heavy atom. The fraction of sp³-hybridized carbons (Fsp3) is 0.259. The summed E-state index contributed by atoms with van der Waals surface area (Å²) in [5, 5.41) is 6.36. The number of amides is 2. The van der Waals surface area contributed by atoms with E-state index in [0.29, 0.717) is 15.7 Å². The van der Waals surface area contributed by atoms with Crippen molar-refractivity contribution in [2.24, 2.45) is 5.92 Å². The molecule has 0 aliphatic heterocycles. The summed E-state index contributed by atoms with van der Waals surface area (Å²) < 4.78 is 0. The Morgan fingerprint density at radius 2 is 1.62 bits per heavy atom. The van der Waals surface area contributed by atoms with Gasteiger partial charge in [0.05, 0.1) is 10.7 Å². The van der Waals surface area contributed by atoms with Crippen molar-refractivity contribution in [2.45, 2.75) is 42.2 Å². The molecule has 0 radical (unpaired) electrons. The second kappa shape index (κ2) is 11.8. The van der Waals surface area contributed by atoms with E-state index in [0.717, 1.165) is 41.8 Å². The van der Waals surface area contributed by atoms with Crippen molar-refractivity contribution in [3.8, 4) is 0 Å². The molecule has 2 N–H and O–H groups in total. The molecule has 3 aromatic rings. The molecule has 0 bridgehead atoms. The topological polar surface area (TPSA) is 58.2 Å². The predicted molar refractivity (Wildman–Crippen MR) is 142 cm³/mol. The minimum absolute atomic E-state index is 0.0802. The molecule has 176 valence electrons. The molecule has 0 saturated heterocycles. The number of halogens is 2. The van der Waals surface area contributed by atoms with Crippen LogP contribution in [-0.4, -0.2) is 11.8 Å². The summed E-state index contributed by atoms with van der Waals surface area (Å²) >= 11 is 13.7. The number of anilines is 2. The molecule has 1 unspecified atom stereocenters. The number of rotatable bonds is 7. The number of benzene rings is 3. The van der Waals surface area contributed by atoms with E-state index in [1.54, 1.807) is 18.2 Å². The quantitative estimate of drug-likeness (QED) is 0.315. The second-order valence-electron chi connectivity index (χ2n) is 8.37. The first-order chi connectivity index (χ1) is 16.5. The van der Waals surface area contributed by atoms with Crippen molar-refractivity contribution in [1.82, 2.24) is 0 Å². The lowest BCUT2D eigenvalue weighted by molar-refractivity contribution is -0.120. The summed E-state index contributed by atoms with van der Waals surface area (Å²) in [5.74, 6) is -0.0364. The third-order valence-corrected chi connectivity index (χ3v) is 7.66. The van der Waals surface area contributed by atoms with Gasteiger partial charge in [-0.2, -0.15) is 0 Å². The molecule has 7 heteroatoms. The van der Waals surface area contributed by atoms with Gasteiger partial charge in [0, 0.05) is 21.5 Å². The number of hydrogen-bond acceptors (Lipinski definition) is 3. The van der Waals surface area contributed by atoms with Crippen LogP contribution in [0.1, 0.15) is 42.9 Å². The van der Waals surface area contributed by atoms with Gasteiger partial charge in [0.2, 0.25) is 11.8 Å². The average Bonchev–Trinajstić information content (AvgIpc) is 2.85. The number of hydrogen-bond donors (Lipinski definition) is 2. The first kappa shape index (κ1) is 24.6. The molecule has 1 fully saturated rings. The van der Waals surface area contributed by atoms with Crippen molar-refractivity contribution in [1.29, 1.82) is 0 Å². The van der Waals surface area contributed by atoms with Crippen LogP contribution in [0.3, 0.4) is 0 Å². The van der Waals surface area contributed by atoms with Crippen LogP contribution in [0.15, 0.2) is 77.7 Å². The summed E-state index contributed by atoms with van der Waals surface area (Å²) in [6, 6.07) is 22.2. The van der Waals surface area contributed by atoms with Gasteiger partial charge in [0.15, 0.2) is 0 Å². The average molecular weight is 513 g/mol. The summed E-state index contributed by atoms with van der Waals surface area (Å²) in [6.07, 6.45) is 5.33. The SMILES string of the molecule is O=C(Nc1cccc(SC(C(=O)Nc2ccc(Cl)cc2Cl)c2ccccc2)c1)C1CCCCC1. The molecular weight excluding hydrogens is 487 g/mol. The highest BCUT2D eigenvalue weighted by atomic mass is 35.5. The second-order valence-corrected chi connectivity index (χ2v) is 10.4. The maximum absolute atomic E-state index is 13.3. The van der Waals surface area contributed by atoms with Crippen molar-refractivity contribution < 1.29 is 9.59 Å². The Bertz CT molecular complexity index is 1150. The van der Waals surface area contributed by atoms with Crippen molar-refractivity contribution in [2.75, 3.05) is 10.6 Å². The molecule has 1 aliphatic rings. The first-order valence-electron chi connectivity index (χ1n) is 11.4. The molecule has 3 aromatic carbocycles. The van der Waals surface area contributed by atoms with Crippen LogP contribution in [0.2, 0.25) is 10.0 Å². The van der Waals surface area contributed by atoms with Crippen molar-refractivity contribution in [3.63, 3.8) is 0 Å². The lowest BCUT2D eigenvalue weighted by Gasteiger charge is -2.21. The fourth-order valence-corrected chi connectivity index (χ4v) is 5.62. The van der Waals surface area contributed by atoms with Crippen LogP contribution in [0.4, 0.5) is 11.4 Å². The van der Waals surface area contributed by atoms with E-state index in [2.05, 4.69) is 10.6 Å². The smallest absolute Gasteiger partial charge is 0.242 e. The zero-order valence-corrected chi connectivity index (χ0v) is 20.9. The van der Waals surface area contributed by atoms with Gasteiger partial charge in [0.25, 0.3) is 0 Å². The Morgan fingerprint density at radius 1 is 0.853 bits per heavy atom. The number of carbonyl (C=O) groups excluding carboxylic acids is 2. The molecule has 1 aliphatic carbocycles. The zero-order chi connectivity index (χ0) is 23.9. The molecule has 2 amide bonds. The van der Waals surface area contributed by atoms with E-state index in [-0.39, 0.29) is 17.7 Å². The third-order valence-electron chi connectivity index (χ3n) is 5.86. The molecule has 4 nitrogen and oxygen atoms in total. The molecule has 0 aromatic heterocycles. The van der Waals surface area contributed by atoms with Crippen LogP contribution < -0.4 is 10.6 Å². The third kappa shape index (κ3) is 6.56. The van der Waals surface area contributed by atoms with Gasteiger partial charge in [0.1, 0.15) is 5.25 Å². The summed E-state index contributed by atoms with van der Waals surface area (Å²) in [4.78, 5) is 26.9. The van der Waals surface area contributed by atoms with E-state index >= 15 is 0 Å². The van der Waals surface area contributed by atoms with Gasteiger partial charge < -0.3 is 10.6 Å². The molecular formula is C27H26Cl2N2O2S. The minimum Gasteiger partial charge on any atom is -0.326 e. The van der Waals surface area contributed by atoms with Crippen LogP contribution in [0.25, 0.3) is 0 Å². The molecule has 1 saturated carbocycles. The van der Waals surface area contributed by atoms with E-state index in [9.17, 15) is 9.59 Å². The van der Waals surface area contributed by atoms with Crippen molar-refractivity contribution >= 4 is 58.2 Å². The summed E-state index contributed by atoms with van der Waals surface area (Å²) in [5.41, 5.74) is 2.12. The van der Waals surface area contributed by atoms with Gasteiger partial charge >= 0.3 is 0 Å². The van der Waals surface area contributed by atoms with Gasteiger partial charge in [-0.05, 0) is 54.8 Å². The Kier molecular flexibility index (Phi) is 8.54. The highest BCUT2D eigenvalue weighted by Crippen LogP contribution is 2.38. The highest BCUT2D eigenvalue weighted by molar-refractivity contribution is 8.00. The number of carbonyl (C=O) groups is 2. The fourth-order valence-electron chi connectivity index (χ4n) is 4.08. The maximum Gasteiger partial charge on any atom is 0.242 e. The summed E-state index contributed by atoms with van der Waals surface area (Å²) in [6.45, 7) is 0. The zero-order valence-electron chi connectivity index (χ0n) is 18.6. The lowest BCUT2D eigenvalue weighted by Crippen LogP contribution is -2.24. The molecule has 34 heavy (non-hydrogen) atoms. The van der Waals surface area contributed by atoms with E-state index in [4.69, 9.17) is 23.2 Å². The van der Waals surface area contributed by atoms with Crippen LogP contribution >= 0.6 is 35.0 Å². The van der Waals surface area contributed by atoms with Crippen molar-refractivity contribution in [3.05, 3.63) is 88.4 Å². The molecule has 4 rings (SSSR count). The standard InChI is InChI=1S/C27H26Cl2N2O2S/c28-20-14-15-24(23(29)16-20)31-27(33)25(18-8-3-1-4-9-18)34-22-13-7-12-21(17-22)30-26(32)19-10-5-2-6-11-19/h1,3-4,7-9,12-17,19,25H,2,5-6,10-11H2,(H,30,32)(H,31,33). The maximum atomic E-state index is 13.3. The first-order valence-corrected chi connectivity index (χ1v) is 13.0. The van der Waals surface area contributed by atoms with E-state index in [1.165, 1.54) is 18.2 Å². The highest BCUT2D eigenvalue weighted by Gasteiger charge is 2.24. The Labute approximate surface area is 214 Å². The molecule has 0 heterocycles. The van der Waals surface area contributed by atoms with E-state index < -0.39 is 5.25 Å². The summed E-state index contributed by atoms with van der Waals surface area (Å²) in [7, 11) is 0. The van der Waals surface area contributed by atoms with Gasteiger partial charge in [-0.15, -0.1) is 11.8 Å². The largest absolute Gasteiger partial charge is 0.326 e. The van der Waals surface area contributed by atoms with Gasteiger partial charge in [-0.1, -0.05) is 78.9 Å². The Hall–Kier alpha value is -2.47.